The number of phosphoric ester groups is 2. The van der Waals surface area contributed by atoms with Gasteiger partial charge >= 0.3 is 39.5 Å². The van der Waals surface area contributed by atoms with E-state index in [1.54, 1.807) is 0 Å². The van der Waals surface area contributed by atoms with E-state index in [4.69, 9.17) is 37.0 Å². The summed E-state index contributed by atoms with van der Waals surface area (Å²) in [6, 6.07) is 0. The molecule has 0 bridgehead atoms. The van der Waals surface area contributed by atoms with Crippen molar-refractivity contribution < 1.29 is 80.2 Å². The van der Waals surface area contributed by atoms with Gasteiger partial charge in [-0.15, -0.1) is 0 Å². The number of esters is 4. The zero-order valence-electron chi connectivity index (χ0n) is 52.1. The predicted octanol–water partition coefficient (Wildman–Crippen LogP) is 16.9. The largest absolute Gasteiger partial charge is 0.472 e. The summed E-state index contributed by atoms with van der Waals surface area (Å²) in [6.07, 6.45) is 36.3. The molecule has 0 heterocycles. The minimum atomic E-state index is -4.94. The van der Waals surface area contributed by atoms with Crippen LogP contribution in [0.4, 0.5) is 0 Å². The highest BCUT2D eigenvalue weighted by Crippen LogP contribution is 2.45. The van der Waals surface area contributed by atoms with Gasteiger partial charge in [0.2, 0.25) is 0 Å². The highest BCUT2D eigenvalue weighted by Gasteiger charge is 2.30. The minimum absolute atomic E-state index is 0.103. The molecule has 3 N–H and O–H groups in total. The van der Waals surface area contributed by atoms with E-state index in [9.17, 15) is 43.2 Å². The Morgan fingerprint density at radius 2 is 0.630 bits per heavy atom. The Bertz CT molecular complexity index is 1600. The number of hydrogen-bond acceptors (Lipinski definition) is 15. The molecule has 0 aliphatic carbocycles. The summed E-state index contributed by atoms with van der Waals surface area (Å²) >= 11 is 0. The number of rotatable bonds is 61. The molecule has 0 saturated carbocycles. The molecule has 480 valence electrons. The Hall–Kier alpha value is -1.94. The lowest BCUT2D eigenvalue weighted by atomic mass is 9.99. The monoisotopic (exact) mass is 1200 g/mol. The number of phosphoric acid groups is 2. The minimum Gasteiger partial charge on any atom is -0.462 e. The quantitative estimate of drug-likeness (QED) is 0.0222. The van der Waals surface area contributed by atoms with Crippen molar-refractivity contribution in [3.05, 3.63) is 0 Å². The SMILES string of the molecule is CCCCCCCCCCCCCCC(=O)OC[C@H](COP(=O)(O)OC[C@@H](O)COP(=O)(O)OC[C@@H](COC(=O)CCCCCCCCC)OC(=O)CCCCCCCCCC(C)C)OC(=O)CCCCCCCCCCC(C)CC. The van der Waals surface area contributed by atoms with Crippen molar-refractivity contribution in [1.29, 1.82) is 0 Å². The maximum Gasteiger partial charge on any atom is 0.472 e. The molecule has 3 unspecified atom stereocenters. The summed E-state index contributed by atoms with van der Waals surface area (Å²) in [7, 11) is -9.88. The summed E-state index contributed by atoms with van der Waals surface area (Å²) in [4.78, 5) is 72.0. The Kier molecular flexibility index (Phi) is 53.4. The molecule has 0 aromatic rings. The van der Waals surface area contributed by atoms with E-state index in [-0.39, 0.29) is 25.7 Å². The fourth-order valence-electron chi connectivity index (χ4n) is 9.15. The van der Waals surface area contributed by atoms with Gasteiger partial charge in [-0.1, -0.05) is 253 Å². The Morgan fingerprint density at radius 1 is 0.358 bits per heavy atom. The standard InChI is InChI=1S/C62H120O17P2/c1-7-10-12-14-16-17-18-19-20-27-33-39-45-60(65)73-51-58(78-61(66)46-40-34-28-22-21-26-31-37-43-55(6)9-3)53-77-81(70,71)75-49-56(63)48-74-80(68,69)76-52-57(50-72-59(64)44-38-32-24-15-13-11-8-2)79-62(67)47-41-35-29-23-25-30-36-42-54(4)5/h54-58,63H,7-53H2,1-6H3,(H,68,69)(H,70,71)/t55?,56-,57+,58+/m0/s1. The Labute approximate surface area is 492 Å². The number of aliphatic hydroxyl groups excluding tert-OH is 1. The van der Waals surface area contributed by atoms with E-state index in [2.05, 4.69) is 41.5 Å². The van der Waals surface area contributed by atoms with Crippen LogP contribution < -0.4 is 0 Å². The van der Waals surface area contributed by atoms with Crippen LogP contribution in [0.25, 0.3) is 0 Å². The van der Waals surface area contributed by atoms with Crippen molar-refractivity contribution in [3.8, 4) is 0 Å². The zero-order chi connectivity index (χ0) is 60.1. The summed E-state index contributed by atoms with van der Waals surface area (Å²) in [5.74, 6) is -0.677. The fraction of sp³-hybridized carbons (Fsp3) is 0.935. The van der Waals surface area contributed by atoms with E-state index >= 15 is 0 Å². The molecule has 0 saturated heterocycles. The van der Waals surface area contributed by atoms with Gasteiger partial charge < -0.3 is 33.8 Å². The van der Waals surface area contributed by atoms with Gasteiger partial charge in [0.25, 0.3) is 0 Å². The second kappa shape index (κ2) is 54.7. The predicted molar refractivity (Wildman–Crippen MR) is 321 cm³/mol. The number of ether oxygens (including phenoxy) is 4. The molecule has 17 nitrogen and oxygen atoms in total. The third kappa shape index (κ3) is 55.7. The molecule has 6 atom stereocenters. The number of hydrogen-bond donors (Lipinski definition) is 3. The molecule has 0 aromatic heterocycles. The van der Waals surface area contributed by atoms with Crippen molar-refractivity contribution in [2.75, 3.05) is 39.6 Å². The maximum atomic E-state index is 13.0. The van der Waals surface area contributed by atoms with Gasteiger partial charge in [-0.3, -0.25) is 37.3 Å². The van der Waals surface area contributed by atoms with Crippen LogP contribution in [-0.4, -0.2) is 96.7 Å². The second-order valence-corrected chi connectivity index (χ2v) is 26.1. The molecule has 0 aliphatic heterocycles. The van der Waals surface area contributed by atoms with Gasteiger partial charge in [-0.2, -0.15) is 0 Å². The first-order valence-corrected chi connectivity index (χ1v) is 35.5. The summed E-state index contributed by atoms with van der Waals surface area (Å²) in [5.41, 5.74) is 0. The first-order chi connectivity index (χ1) is 38.9. The molecule has 0 spiro atoms. The van der Waals surface area contributed by atoms with Crippen LogP contribution in [0.5, 0.6) is 0 Å². The van der Waals surface area contributed by atoms with Crippen LogP contribution in [0, 0.1) is 11.8 Å². The molecule has 0 rings (SSSR count). The van der Waals surface area contributed by atoms with Crippen molar-refractivity contribution in [3.63, 3.8) is 0 Å². The number of aliphatic hydroxyl groups is 1. The van der Waals surface area contributed by atoms with Gasteiger partial charge in [0.1, 0.15) is 19.3 Å². The molecular formula is C62H120O17P2. The molecule has 0 amide bonds. The lowest BCUT2D eigenvalue weighted by molar-refractivity contribution is -0.161. The summed E-state index contributed by atoms with van der Waals surface area (Å²) in [6.45, 7) is 9.37. The smallest absolute Gasteiger partial charge is 0.462 e. The molecule has 0 radical (unpaired) electrons. The van der Waals surface area contributed by atoms with Crippen LogP contribution in [0.1, 0.15) is 305 Å². The zero-order valence-corrected chi connectivity index (χ0v) is 53.9. The maximum absolute atomic E-state index is 13.0. The lowest BCUT2D eigenvalue weighted by Crippen LogP contribution is -2.30. The van der Waals surface area contributed by atoms with Gasteiger partial charge in [0.05, 0.1) is 26.4 Å². The van der Waals surface area contributed by atoms with Gasteiger partial charge in [-0.25, -0.2) is 9.13 Å². The molecule has 0 aromatic carbocycles. The number of carbonyl (C=O) groups excluding carboxylic acids is 4. The van der Waals surface area contributed by atoms with Crippen LogP contribution in [0.15, 0.2) is 0 Å². The first-order valence-electron chi connectivity index (χ1n) is 32.5. The highest BCUT2D eigenvalue weighted by molar-refractivity contribution is 7.47. The van der Waals surface area contributed by atoms with Crippen molar-refractivity contribution in [2.24, 2.45) is 11.8 Å². The fourth-order valence-corrected chi connectivity index (χ4v) is 10.7. The normalized spacial score (nSPS) is 14.7. The topological polar surface area (TPSA) is 237 Å². The van der Waals surface area contributed by atoms with Crippen molar-refractivity contribution >= 4 is 39.5 Å². The van der Waals surface area contributed by atoms with E-state index in [0.717, 1.165) is 109 Å². The van der Waals surface area contributed by atoms with E-state index in [1.807, 2.05) is 0 Å². The second-order valence-electron chi connectivity index (χ2n) is 23.2. The number of carbonyl (C=O) groups is 4. The molecular weight excluding hydrogens is 1080 g/mol. The van der Waals surface area contributed by atoms with Gasteiger partial charge in [-0.05, 0) is 37.5 Å². The van der Waals surface area contributed by atoms with E-state index in [1.165, 1.54) is 109 Å². The average Bonchev–Trinajstić information content (AvgIpc) is 3.43. The Balaban J connectivity index is 5.23. The third-order valence-electron chi connectivity index (χ3n) is 14.6. The summed E-state index contributed by atoms with van der Waals surface area (Å²) in [5, 5.41) is 10.5. The first kappa shape index (κ1) is 79.1. The highest BCUT2D eigenvalue weighted by atomic mass is 31.2. The van der Waals surface area contributed by atoms with Crippen LogP contribution in [0.3, 0.4) is 0 Å². The lowest BCUT2D eigenvalue weighted by Gasteiger charge is -2.21. The molecule has 19 heteroatoms. The number of unbranched alkanes of at least 4 members (excludes halogenated alkanes) is 30. The Morgan fingerprint density at radius 3 is 0.938 bits per heavy atom. The van der Waals surface area contributed by atoms with Crippen LogP contribution in [0.2, 0.25) is 0 Å². The van der Waals surface area contributed by atoms with Crippen molar-refractivity contribution in [1.82, 2.24) is 0 Å². The van der Waals surface area contributed by atoms with Gasteiger partial charge in [0, 0.05) is 25.7 Å². The van der Waals surface area contributed by atoms with E-state index in [0.29, 0.717) is 31.6 Å². The van der Waals surface area contributed by atoms with Gasteiger partial charge in [0.15, 0.2) is 12.2 Å². The molecule has 81 heavy (non-hydrogen) atoms. The van der Waals surface area contributed by atoms with Crippen LogP contribution in [-0.2, 0) is 65.4 Å². The van der Waals surface area contributed by atoms with E-state index < -0.39 is 97.5 Å². The summed E-state index contributed by atoms with van der Waals surface area (Å²) < 4.78 is 67.8. The third-order valence-corrected chi connectivity index (χ3v) is 16.5. The average molecular weight is 1200 g/mol. The molecule has 0 fully saturated rings. The molecule has 0 aliphatic rings. The van der Waals surface area contributed by atoms with Crippen molar-refractivity contribution in [2.45, 2.75) is 323 Å². The van der Waals surface area contributed by atoms with Crippen LogP contribution >= 0.6 is 15.6 Å².